The van der Waals surface area contributed by atoms with Crippen molar-refractivity contribution >= 4 is 22.4 Å². The Bertz CT molecular complexity index is 413. The molecule has 0 radical (unpaired) electrons. The van der Waals surface area contributed by atoms with E-state index >= 15 is 0 Å². The molecule has 0 atom stereocenters. The fourth-order valence-corrected chi connectivity index (χ4v) is 2.99. The SMILES string of the molecule is Nc1nc(C(=O)NCC2(CO)CCCCC2)cs1. The first-order valence-corrected chi connectivity index (χ1v) is 7.13. The maximum absolute atomic E-state index is 11.9. The third-order valence-electron chi connectivity index (χ3n) is 3.63. The maximum Gasteiger partial charge on any atom is 0.270 e. The summed E-state index contributed by atoms with van der Waals surface area (Å²) >= 11 is 1.26. The van der Waals surface area contributed by atoms with Crippen LogP contribution >= 0.6 is 11.3 Å². The number of nitrogen functional groups attached to an aromatic ring is 1. The number of carbonyl (C=O) groups is 1. The third-order valence-corrected chi connectivity index (χ3v) is 4.30. The molecular formula is C12H19N3O2S. The van der Waals surface area contributed by atoms with E-state index in [2.05, 4.69) is 10.3 Å². The van der Waals surface area contributed by atoms with Crippen LogP contribution in [-0.2, 0) is 0 Å². The van der Waals surface area contributed by atoms with Crippen LogP contribution in [-0.4, -0.2) is 29.1 Å². The van der Waals surface area contributed by atoms with Gasteiger partial charge in [-0.3, -0.25) is 4.79 Å². The van der Waals surface area contributed by atoms with E-state index in [0.29, 0.717) is 17.4 Å². The van der Waals surface area contributed by atoms with Gasteiger partial charge in [0.15, 0.2) is 5.13 Å². The van der Waals surface area contributed by atoms with Gasteiger partial charge in [-0.2, -0.15) is 0 Å². The lowest BCUT2D eigenvalue weighted by atomic mass is 9.74. The number of thiazole rings is 1. The molecule has 0 saturated heterocycles. The summed E-state index contributed by atoms with van der Waals surface area (Å²) < 4.78 is 0. The topological polar surface area (TPSA) is 88.2 Å². The van der Waals surface area contributed by atoms with Crippen molar-refractivity contribution in [1.82, 2.24) is 10.3 Å². The summed E-state index contributed by atoms with van der Waals surface area (Å²) in [6.07, 6.45) is 5.42. The molecule has 1 saturated carbocycles. The maximum atomic E-state index is 11.9. The molecule has 1 amide bonds. The normalized spacial score (nSPS) is 18.5. The molecule has 1 aliphatic carbocycles. The van der Waals surface area contributed by atoms with E-state index in [1.165, 1.54) is 17.8 Å². The van der Waals surface area contributed by atoms with Gasteiger partial charge in [0.25, 0.3) is 5.91 Å². The van der Waals surface area contributed by atoms with Gasteiger partial charge in [0.2, 0.25) is 0 Å². The Morgan fingerprint density at radius 3 is 2.78 bits per heavy atom. The van der Waals surface area contributed by atoms with Gasteiger partial charge in [-0.05, 0) is 12.8 Å². The van der Waals surface area contributed by atoms with E-state index in [-0.39, 0.29) is 17.9 Å². The van der Waals surface area contributed by atoms with E-state index in [4.69, 9.17) is 5.73 Å². The molecule has 4 N–H and O–H groups in total. The summed E-state index contributed by atoms with van der Waals surface area (Å²) in [6, 6.07) is 0. The molecule has 1 aliphatic rings. The lowest BCUT2D eigenvalue weighted by Gasteiger charge is -2.35. The number of nitrogens with one attached hydrogen (secondary N) is 1. The number of nitrogens with zero attached hydrogens (tertiary/aromatic N) is 1. The van der Waals surface area contributed by atoms with Crippen molar-refractivity contribution in [3.05, 3.63) is 11.1 Å². The van der Waals surface area contributed by atoms with Crippen LogP contribution in [0.25, 0.3) is 0 Å². The first-order valence-electron chi connectivity index (χ1n) is 6.25. The molecule has 1 aromatic rings. The molecule has 1 fully saturated rings. The number of nitrogens with two attached hydrogens (primary N) is 1. The predicted octanol–water partition coefficient (Wildman–Crippen LogP) is 1.40. The summed E-state index contributed by atoms with van der Waals surface area (Å²) in [5, 5.41) is 14.5. The van der Waals surface area contributed by atoms with Crippen LogP contribution in [0, 0.1) is 5.41 Å². The van der Waals surface area contributed by atoms with E-state index in [1.54, 1.807) is 5.38 Å². The average molecular weight is 269 g/mol. The van der Waals surface area contributed by atoms with Crippen molar-refractivity contribution in [2.45, 2.75) is 32.1 Å². The van der Waals surface area contributed by atoms with E-state index in [0.717, 1.165) is 25.7 Å². The molecule has 6 heteroatoms. The fourth-order valence-electron chi connectivity index (χ4n) is 2.44. The molecule has 2 rings (SSSR count). The number of amides is 1. The minimum Gasteiger partial charge on any atom is -0.396 e. The van der Waals surface area contributed by atoms with Crippen molar-refractivity contribution in [2.24, 2.45) is 5.41 Å². The molecular weight excluding hydrogens is 250 g/mol. The largest absolute Gasteiger partial charge is 0.396 e. The third kappa shape index (κ3) is 3.00. The Kier molecular flexibility index (Phi) is 4.19. The minimum absolute atomic E-state index is 0.131. The summed E-state index contributed by atoms with van der Waals surface area (Å²) in [7, 11) is 0. The quantitative estimate of drug-likeness (QED) is 0.771. The number of carbonyl (C=O) groups excluding carboxylic acids is 1. The Morgan fingerprint density at radius 2 is 2.22 bits per heavy atom. The van der Waals surface area contributed by atoms with E-state index in [1.807, 2.05) is 0 Å². The van der Waals surface area contributed by atoms with Gasteiger partial charge in [0, 0.05) is 17.3 Å². The van der Waals surface area contributed by atoms with Gasteiger partial charge in [0.05, 0.1) is 6.61 Å². The Morgan fingerprint density at radius 1 is 1.50 bits per heavy atom. The summed E-state index contributed by atoms with van der Waals surface area (Å²) in [5.41, 5.74) is 5.71. The van der Waals surface area contributed by atoms with Gasteiger partial charge in [-0.1, -0.05) is 19.3 Å². The Balaban J connectivity index is 1.91. The summed E-state index contributed by atoms with van der Waals surface area (Å²) in [5.74, 6) is -0.207. The van der Waals surface area contributed by atoms with Crippen LogP contribution < -0.4 is 11.1 Å². The van der Waals surface area contributed by atoms with Gasteiger partial charge >= 0.3 is 0 Å². The standard InChI is InChI=1S/C12H19N3O2S/c13-11-15-9(6-18-11)10(17)14-7-12(8-16)4-2-1-3-5-12/h6,16H,1-5,7-8H2,(H2,13,15)(H,14,17). The van der Waals surface area contributed by atoms with Crippen molar-refractivity contribution < 1.29 is 9.90 Å². The monoisotopic (exact) mass is 269 g/mol. The van der Waals surface area contributed by atoms with Crippen LogP contribution in [0.5, 0.6) is 0 Å². The number of aliphatic hydroxyl groups excluding tert-OH is 1. The molecule has 18 heavy (non-hydrogen) atoms. The zero-order valence-electron chi connectivity index (χ0n) is 10.3. The predicted molar refractivity (Wildman–Crippen MR) is 71.5 cm³/mol. The number of aliphatic hydroxyl groups is 1. The number of aromatic nitrogens is 1. The van der Waals surface area contributed by atoms with Gasteiger partial charge in [0.1, 0.15) is 5.69 Å². The Hall–Kier alpha value is -1.14. The lowest BCUT2D eigenvalue weighted by Crippen LogP contribution is -2.41. The second-order valence-corrected chi connectivity index (χ2v) is 5.86. The fraction of sp³-hybridized carbons (Fsp3) is 0.667. The van der Waals surface area contributed by atoms with Gasteiger partial charge in [-0.15, -0.1) is 11.3 Å². The molecule has 0 unspecified atom stereocenters. The number of anilines is 1. The molecule has 0 aliphatic heterocycles. The highest BCUT2D eigenvalue weighted by atomic mass is 32.1. The summed E-state index contributed by atoms with van der Waals surface area (Å²) in [6.45, 7) is 0.645. The lowest BCUT2D eigenvalue weighted by molar-refractivity contribution is 0.0716. The zero-order chi connectivity index (χ0) is 13.0. The molecule has 1 heterocycles. The molecule has 100 valence electrons. The van der Waals surface area contributed by atoms with Gasteiger partial charge < -0.3 is 16.2 Å². The average Bonchev–Trinajstić information content (AvgIpc) is 2.84. The molecule has 0 aromatic carbocycles. The number of hydrogen-bond donors (Lipinski definition) is 3. The summed E-state index contributed by atoms with van der Waals surface area (Å²) in [4.78, 5) is 15.8. The van der Waals surface area contributed by atoms with Crippen LogP contribution in [0.15, 0.2) is 5.38 Å². The second kappa shape index (κ2) is 5.67. The zero-order valence-corrected chi connectivity index (χ0v) is 11.1. The van der Waals surface area contributed by atoms with Crippen molar-refractivity contribution in [1.29, 1.82) is 0 Å². The van der Waals surface area contributed by atoms with Gasteiger partial charge in [-0.25, -0.2) is 4.98 Å². The van der Waals surface area contributed by atoms with Crippen molar-refractivity contribution in [3.8, 4) is 0 Å². The minimum atomic E-state index is -0.207. The number of hydrogen-bond acceptors (Lipinski definition) is 5. The first-order chi connectivity index (χ1) is 8.65. The van der Waals surface area contributed by atoms with Crippen LogP contribution in [0.1, 0.15) is 42.6 Å². The highest BCUT2D eigenvalue weighted by Gasteiger charge is 2.31. The van der Waals surface area contributed by atoms with E-state index < -0.39 is 0 Å². The molecule has 0 spiro atoms. The van der Waals surface area contributed by atoms with Crippen LogP contribution in [0.4, 0.5) is 5.13 Å². The van der Waals surface area contributed by atoms with Crippen LogP contribution in [0.2, 0.25) is 0 Å². The smallest absolute Gasteiger partial charge is 0.270 e. The number of rotatable bonds is 4. The Labute approximate surface area is 110 Å². The first kappa shape index (κ1) is 13.3. The van der Waals surface area contributed by atoms with Crippen LogP contribution in [0.3, 0.4) is 0 Å². The van der Waals surface area contributed by atoms with Crippen molar-refractivity contribution in [2.75, 3.05) is 18.9 Å². The highest BCUT2D eigenvalue weighted by molar-refractivity contribution is 7.13. The highest BCUT2D eigenvalue weighted by Crippen LogP contribution is 2.35. The molecule has 0 bridgehead atoms. The molecule has 1 aromatic heterocycles. The second-order valence-electron chi connectivity index (χ2n) is 4.97. The molecule has 5 nitrogen and oxygen atoms in total. The van der Waals surface area contributed by atoms with E-state index in [9.17, 15) is 9.90 Å². The van der Waals surface area contributed by atoms with Crippen molar-refractivity contribution in [3.63, 3.8) is 0 Å².